The maximum atomic E-state index is 13.2. The van der Waals surface area contributed by atoms with Crippen molar-refractivity contribution in [2.24, 2.45) is 0 Å². The molecule has 0 aliphatic carbocycles. The number of hydrogen-bond acceptors (Lipinski definition) is 5. The Morgan fingerprint density at radius 3 is 2.45 bits per heavy atom. The molecule has 0 bridgehead atoms. The molecule has 0 spiro atoms. The number of nitrogens with zero attached hydrogens (tertiary/aromatic N) is 1. The Hall–Kier alpha value is -1.62. The van der Waals surface area contributed by atoms with Crippen LogP contribution in [0.1, 0.15) is 31.1 Å². The van der Waals surface area contributed by atoms with Crippen molar-refractivity contribution in [1.82, 2.24) is 10.2 Å². The molecule has 2 unspecified atom stereocenters. The van der Waals surface area contributed by atoms with Crippen LogP contribution in [0, 0.1) is 0 Å². The molecule has 31 heavy (non-hydrogen) atoms. The Morgan fingerprint density at radius 2 is 1.90 bits per heavy atom. The summed E-state index contributed by atoms with van der Waals surface area (Å²) in [5.41, 5.74) is 1.13. The van der Waals surface area contributed by atoms with Crippen molar-refractivity contribution in [2.75, 3.05) is 11.1 Å². The van der Waals surface area contributed by atoms with Crippen LogP contribution in [0.25, 0.3) is 0 Å². The molecule has 1 saturated heterocycles. The Kier molecular flexibility index (Phi) is 6.76. The number of hydrogen-bond donors (Lipinski definition) is 1. The van der Waals surface area contributed by atoms with E-state index in [2.05, 4.69) is 21.2 Å². The normalized spacial score (nSPS) is 23.8. The minimum Gasteiger partial charge on any atom is -0.614 e. The molecular weight excluding hydrogens is 500 g/mol. The largest absolute Gasteiger partial charge is 0.614 e. The Balaban J connectivity index is 1.85. The molecule has 0 radical (unpaired) electrons. The van der Waals surface area contributed by atoms with Crippen molar-refractivity contribution in [1.29, 1.82) is 0 Å². The fraction of sp³-hybridized carbons (Fsp3) is 0.476. The lowest BCUT2D eigenvalue weighted by atomic mass is 10.0. The average Bonchev–Trinajstić information content (AvgIpc) is 2.70. The average molecular weight is 528 g/mol. The lowest BCUT2D eigenvalue weighted by Gasteiger charge is -2.49. The number of benzene rings is 1. The van der Waals surface area contributed by atoms with Crippen LogP contribution in [0.3, 0.4) is 0 Å². The van der Waals surface area contributed by atoms with Crippen LogP contribution in [-0.4, -0.2) is 58.1 Å². The standard InChI is InChI=1S/C21H27BrN2O5SSi/c1-21(2,3)31(4,5)29-20(27)16-14(11-22)12-30(28)19-15(18(26)24(16)19)23-17(25)13-9-7-6-8-10-13/h6-10,15,19H,11-12H2,1-5H3,(H,23,25)/t15?,19-,30?/m0/s1. The van der Waals surface area contributed by atoms with E-state index in [-0.39, 0.29) is 16.5 Å². The molecule has 2 aliphatic rings. The molecule has 0 saturated carbocycles. The zero-order valence-corrected chi connectivity index (χ0v) is 21.6. The summed E-state index contributed by atoms with van der Waals surface area (Å²) in [7, 11) is -2.43. The third-order valence-electron chi connectivity index (χ3n) is 6.04. The first-order chi connectivity index (χ1) is 14.4. The highest BCUT2D eigenvalue weighted by molar-refractivity contribution is 9.09. The molecule has 1 fully saturated rings. The fourth-order valence-corrected chi connectivity index (χ4v) is 6.47. The van der Waals surface area contributed by atoms with Gasteiger partial charge >= 0.3 is 5.97 Å². The molecule has 2 aliphatic heterocycles. The summed E-state index contributed by atoms with van der Waals surface area (Å²) >= 11 is 1.89. The van der Waals surface area contributed by atoms with Gasteiger partial charge in [-0.15, -0.1) is 0 Å². The zero-order chi connectivity index (χ0) is 23.1. The number of halogens is 1. The van der Waals surface area contributed by atoms with E-state index in [4.69, 9.17) is 4.43 Å². The van der Waals surface area contributed by atoms with E-state index in [9.17, 15) is 18.9 Å². The van der Waals surface area contributed by atoms with Gasteiger partial charge in [0, 0.05) is 16.5 Å². The smallest absolute Gasteiger partial charge is 0.342 e. The van der Waals surface area contributed by atoms with Gasteiger partial charge in [0.1, 0.15) is 11.4 Å². The maximum absolute atomic E-state index is 13.2. The zero-order valence-electron chi connectivity index (χ0n) is 18.2. The third-order valence-corrected chi connectivity index (χ3v) is 12.7. The maximum Gasteiger partial charge on any atom is 0.342 e. The van der Waals surface area contributed by atoms with Crippen molar-refractivity contribution < 1.29 is 23.4 Å². The summed E-state index contributed by atoms with van der Waals surface area (Å²) < 4.78 is 18.8. The minimum absolute atomic E-state index is 0.138. The van der Waals surface area contributed by atoms with Gasteiger partial charge in [0.2, 0.25) is 5.37 Å². The van der Waals surface area contributed by atoms with Crippen molar-refractivity contribution in [2.45, 2.75) is 50.3 Å². The first-order valence-corrected chi connectivity index (χ1v) is 15.4. The number of nitrogens with one attached hydrogen (secondary N) is 1. The van der Waals surface area contributed by atoms with Gasteiger partial charge in [0.25, 0.3) is 20.1 Å². The van der Waals surface area contributed by atoms with Crippen LogP contribution < -0.4 is 5.32 Å². The molecule has 3 rings (SSSR count). The molecular formula is C21H27BrN2O5SSi. The van der Waals surface area contributed by atoms with E-state index >= 15 is 0 Å². The van der Waals surface area contributed by atoms with E-state index in [1.54, 1.807) is 30.3 Å². The lowest BCUT2D eigenvalue weighted by molar-refractivity contribution is -0.148. The van der Waals surface area contributed by atoms with Gasteiger partial charge in [-0.2, -0.15) is 0 Å². The predicted octanol–water partition coefficient (Wildman–Crippen LogP) is 2.91. The number of carbonyl (C=O) groups excluding carboxylic acids is 3. The van der Waals surface area contributed by atoms with E-state index in [1.165, 1.54) is 4.90 Å². The van der Waals surface area contributed by atoms with Gasteiger partial charge in [-0.05, 0) is 41.4 Å². The van der Waals surface area contributed by atoms with Gasteiger partial charge in [0.05, 0.1) is 0 Å². The number of β-lactam (4-membered cyclic amide) rings is 1. The van der Waals surface area contributed by atoms with E-state index < -0.39 is 48.7 Å². The van der Waals surface area contributed by atoms with Crippen LogP contribution in [0.5, 0.6) is 0 Å². The van der Waals surface area contributed by atoms with E-state index in [0.717, 1.165) is 0 Å². The molecule has 1 aromatic carbocycles. The quantitative estimate of drug-likeness (QED) is 0.275. The topological polar surface area (TPSA) is 98.8 Å². The monoisotopic (exact) mass is 526 g/mol. The fourth-order valence-electron chi connectivity index (χ4n) is 3.19. The van der Waals surface area contributed by atoms with Crippen LogP contribution >= 0.6 is 15.9 Å². The summed E-state index contributed by atoms with van der Waals surface area (Å²) in [4.78, 5) is 39.9. The lowest BCUT2D eigenvalue weighted by Crippen LogP contribution is -2.75. The van der Waals surface area contributed by atoms with E-state index in [1.807, 2.05) is 33.9 Å². The third kappa shape index (κ3) is 4.48. The Labute approximate surface area is 195 Å². The molecule has 168 valence electrons. The molecule has 2 heterocycles. The number of carbonyl (C=O) groups is 3. The molecule has 10 heteroatoms. The second-order valence-corrected chi connectivity index (χ2v) is 16.0. The molecule has 7 nitrogen and oxygen atoms in total. The number of fused-ring (bicyclic) bond motifs is 1. The summed E-state index contributed by atoms with van der Waals surface area (Å²) in [5.74, 6) is -1.30. The van der Waals surface area contributed by atoms with Crippen molar-refractivity contribution in [3.05, 3.63) is 47.2 Å². The Morgan fingerprint density at radius 1 is 1.29 bits per heavy atom. The predicted molar refractivity (Wildman–Crippen MR) is 125 cm³/mol. The van der Waals surface area contributed by atoms with Gasteiger partial charge < -0.3 is 14.3 Å². The number of alkyl halides is 1. The highest BCUT2D eigenvalue weighted by Crippen LogP contribution is 2.41. The summed E-state index contributed by atoms with van der Waals surface area (Å²) in [5, 5.41) is 2.00. The van der Waals surface area contributed by atoms with E-state index in [0.29, 0.717) is 16.5 Å². The van der Waals surface area contributed by atoms with Crippen LogP contribution in [0.2, 0.25) is 18.1 Å². The van der Waals surface area contributed by atoms with Gasteiger partial charge in [-0.1, -0.05) is 54.9 Å². The molecule has 1 N–H and O–H groups in total. The number of rotatable bonds is 5. The molecule has 3 atom stereocenters. The van der Waals surface area contributed by atoms with Crippen LogP contribution in [0.4, 0.5) is 0 Å². The second-order valence-electron chi connectivity index (χ2n) is 9.18. The van der Waals surface area contributed by atoms with Crippen molar-refractivity contribution in [3.63, 3.8) is 0 Å². The van der Waals surface area contributed by atoms with Crippen molar-refractivity contribution in [3.8, 4) is 0 Å². The van der Waals surface area contributed by atoms with Gasteiger partial charge in [-0.25, -0.2) is 4.79 Å². The highest BCUT2D eigenvalue weighted by Gasteiger charge is 2.61. The number of amides is 2. The van der Waals surface area contributed by atoms with Crippen LogP contribution in [0.15, 0.2) is 41.6 Å². The molecule has 1 aromatic rings. The first-order valence-electron chi connectivity index (χ1n) is 9.96. The highest BCUT2D eigenvalue weighted by atomic mass is 79.9. The molecule has 2 amide bonds. The van der Waals surface area contributed by atoms with Crippen LogP contribution in [-0.2, 0) is 25.2 Å². The summed E-state index contributed by atoms with van der Waals surface area (Å²) in [6.07, 6.45) is 0. The SMILES string of the molecule is CC(C)(C)[Si](C)(C)OC(=O)C1=C(CBr)C[S+]([O-])[C@H]2C(NC(=O)c3ccccc3)C(=O)N12. The minimum atomic E-state index is -2.43. The summed E-state index contributed by atoms with van der Waals surface area (Å²) in [6.45, 7) is 9.98. The van der Waals surface area contributed by atoms with Gasteiger partial charge in [-0.3, -0.25) is 14.5 Å². The first kappa shape index (κ1) is 24.0. The Bertz CT molecular complexity index is 931. The molecule has 0 aromatic heterocycles. The van der Waals surface area contributed by atoms with Gasteiger partial charge in [0.15, 0.2) is 6.04 Å². The second kappa shape index (κ2) is 8.72. The summed E-state index contributed by atoms with van der Waals surface area (Å²) in [6, 6.07) is 7.57. The van der Waals surface area contributed by atoms with Crippen molar-refractivity contribution >= 4 is 53.2 Å².